The summed E-state index contributed by atoms with van der Waals surface area (Å²) < 4.78 is 34.4. The van der Waals surface area contributed by atoms with E-state index in [2.05, 4.69) is 0 Å². The number of hydrogen-bond acceptors (Lipinski definition) is 5. The highest BCUT2D eigenvalue weighted by atomic mass is 32.2. The molecule has 0 spiro atoms. The highest BCUT2D eigenvalue weighted by molar-refractivity contribution is 7.89. The standard InChI is InChI=1S/C21H29N3O5S/c1-16-14-22(20(25)29-21(2,3)4)10-5-6-11-24(16)30(27,28)19-8-7-18-15-23(26)12-9-17(18)13-19/h7-9,12-13,15-16H,5-6,10-11,14H2,1-4H3. The number of aromatic nitrogens is 1. The zero-order chi connectivity index (χ0) is 22.1. The number of carbonyl (C=O) groups excluding carboxylic acids is 1. The lowest BCUT2D eigenvalue weighted by molar-refractivity contribution is -0.603. The van der Waals surface area contributed by atoms with Crippen LogP contribution in [0.3, 0.4) is 0 Å². The summed E-state index contributed by atoms with van der Waals surface area (Å²) in [5, 5.41) is 12.8. The Balaban J connectivity index is 1.86. The van der Waals surface area contributed by atoms with Crippen LogP contribution in [0.25, 0.3) is 10.8 Å². The number of amides is 1. The normalized spacial score (nSPS) is 19.3. The number of carbonyl (C=O) groups is 1. The lowest BCUT2D eigenvalue weighted by Crippen LogP contribution is -2.50. The molecule has 0 N–H and O–H groups in total. The van der Waals surface area contributed by atoms with Crippen LogP contribution in [0.4, 0.5) is 4.79 Å². The molecule has 1 amide bonds. The summed E-state index contributed by atoms with van der Waals surface area (Å²) in [6, 6.07) is 5.94. The molecule has 1 unspecified atom stereocenters. The maximum absolute atomic E-state index is 13.4. The van der Waals surface area contributed by atoms with Crippen LogP contribution in [-0.4, -0.2) is 55.0 Å². The average molecular weight is 436 g/mol. The minimum atomic E-state index is -3.77. The van der Waals surface area contributed by atoms with Crippen LogP contribution in [0.15, 0.2) is 41.6 Å². The van der Waals surface area contributed by atoms with E-state index >= 15 is 0 Å². The first kappa shape index (κ1) is 22.3. The van der Waals surface area contributed by atoms with Crippen molar-refractivity contribution in [2.45, 2.75) is 57.1 Å². The summed E-state index contributed by atoms with van der Waals surface area (Å²) in [5.74, 6) is 0. The monoisotopic (exact) mass is 435 g/mol. The van der Waals surface area contributed by atoms with Crippen molar-refractivity contribution in [3.8, 4) is 0 Å². The Labute approximate surface area is 177 Å². The van der Waals surface area contributed by atoms with Gasteiger partial charge >= 0.3 is 6.09 Å². The van der Waals surface area contributed by atoms with Crippen LogP contribution in [0.2, 0.25) is 0 Å². The van der Waals surface area contributed by atoms with E-state index < -0.39 is 27.8 Å². The summed E-state index contributed by atoms with van der Waals surface area (Å²) in [6.45, 7) is 8.42. The minimum absolute atomic E-state index is 0.176. The van der Waals surface area contributed by atoms with Gasteiger partial charge < -0.3 is 14.8 Å². The average Bonchev–Trinajstić information content (AvgIpc) is 2.62. The van der Waals surface area contributed by atoms with Crippen LogP contribution < -0.4 is 4.73 Å². The third-order valence-electron chi connectivity index (χ3n) is 5.02. The fourth-order valence-corrected chi connectivity index (χ4v) is 5.28. The summed E-state index contributed by atoms with van der Waals surface area (Å²) in [6.07, 6.45) is 3.66. The van der Waals surface area contributed by atoms with Crippen molar-refractivity contribution >= 4 is 26.9 Å². The molecule has 1 atom stereocenters. The molecule has 0 saturated carbocycles. The van der Waals surface area contributed by atoms with Crippen molar-refractivity contribution in [2.24, 2.45) is 0 Å². The third kappa shape index (κ3) is 5.02. The smallest absolute Gasteiger partial charge is 0.410 e. The van der Waals surface area contributed by atoms with Gasteiger partial charge in [-0.1, -0.05) is 0 Å². The van der Waals surface area contributed by atoms with Gasteiger partial charge in [0.05, 0.1) is 4.90 Å². The van der Waals surface area contributed by atoms with Gasteiger partial charge in [-0.3, -0.25) is 0 Å². The maximum atomic E-state index is 13.4. The van der Waals surface area contributed by atoms with Crippen molar-refractivity contribution < 1.29 is 22.7 Å². The molecule has 1 aliphatic rings. The molecule has 2 aromatic rings. The molecule has 1 fully saturated rings. The Morgan fingerprint density at radius 2 is 1.87 bits per heavy atom. The summed E-state index contributed by atoms with van der Waals surface area (Å²) in [4.78, 5) is 14.3. The quantitative estimate of drug-likeness (QED) is 0.534. The Hall–Kier alpha value is -2.39. The molecule has 1 aromatic heterocycles. The number of ether oxygens (including phenoxy) is 1. The molecule has 1 aromatic carbocycles. The fourth-order valence-electron chi connectivity index (χ4n) is 3.59. The second-order valence-electron chi connectivity index (χ2n) is 8.69. The van der Waals surface area contributed by atoms with Gasteiger partial charge in [0.15, 0.2) is 12.4 Å². The number of sulfonamides is 1. The molecule has 30 heavy (non-hydrogen) atoms. The van der Waals surface area contributed by atoms with Crippen molar-refractivity contribution in [1.82, 2.24) is 9.21 Å². The van der Waals surface area contributed by atoms with Gasteiger partial charge in [0.2, 0.25) is 10.0 Å². The van der Waals surface area contributed by atoms with E-state index in [-0.39, 0.29) is 11.4 Å². The molecule has 3 rings (SSSR count). The molecule has 8 nitrogen and oxygen atoms in total. The van der Waals surface area contributed by atoms with Gasteiger partial charge in [0.25, 0.3) is 0 Å². The Morgan fingerprint density at radius 3 is 2.57 bits per heavy atom. The van der Waals surface area contributed by atoms with E-state index in [0.717, 1.165) is 0 Å². The van der Waals surface area contributed by atoms with Gasteiger partial charge in [-0.2, -0.15) is 9.04 Å². The van der Waals surface area contributed by atoms with Crippen molar-refractivity contribution in [2.75, 3.05) is 19.6 Å². The lowest BCUT2D eigenvalue weighted by Gasteiger charge is -2.36. The summed E-state index contributed by atoms with van der Waals surface area (Å²) in [5.41, 5.74) is -0.609. The number of benzene rings is 1. The molecule has 0 aliphatic carbocycles. The molecule has 0 radical (unpaired) electrons. The molecular weight excluding hydrogens is 406 g/mol. The van der Waals surface area contributed by atoms with Crippen molar-refractivity contribution in [1.29, 1.82) is 0 Å². The predicted octanol–water partition coefficient (Wildman–Crippen LogP) is 2.88. The van der Waals surface area contributed by atoms with Crippen LogP contribution in [0.1, 0.15) is 40.5 Å². The first-order valence-corrected chi connectivity index (χ1v) is 11.5. The summed E-state index contributed by atoms with van der Waals surface area (Å²) in [7, 11) is -3.77. The van der Waals surface area contributed by atoms with Crippen LogP contribution in [0.5, 0.6) is 0 Å². The van der Waals surface area contributed by atoms with Crippen LogP contribution in [-0.2, 0) is 14.8 Å². The third-order valence-corrected chi connectivity index (χ3v) is 7.03. The second kappa shape index (κ2) is 8.39. The van der Waals surface area contributed by atoms with E-state index in [1.54, 1.807) is 23.1 Å². The van der Waals surface area contributed by atoms with Gasteiger partial charge in [-0.15, -0.1) is 0 Å². The second-order valence-corrected chi connectivity index (χ2v) is 10.6. The maximum Gasteiger partial charge on any atom is 0.410 e. The van der Waals surface area contributed by atoms with Gasteiger partial charge in [-0.25, -0.2) is 13.2 Å². The van der Waals surface area contributed by atoms with E-state index in [9.17, 15) is 18.4 Å². The largest absolute Gasteiger partial charge is 0.619 e. The Kier molecular flexibility index (Phi) is 6.24. The first-order valence-electron chi connectivity index (χ1n) is 10.1. The number of hydrogen-bond donors (Lipinski definition) is 0. The minimum Gasteiger partial charge on any atom is -0.619 e. The zero-order valence-corrected chi connectivity index (χ0v) is 18.7. The fraction of sp³-hybridized carbons (Fsp3) is 0.524. The highest BCUT2D eigenvalue weighted by Crippen LogP contribution is 2.25. The van der Waals surface area contributed by atoms with Crippen molar-refractivity contribution in [3.05, 3.63) is 41.9 Å². The Bertz CT molecular complexity index is 1030. The summed E-state index contributed by atoms with van der Waals surface area (Å²) >= 11 is 0. The molecule has 9 heteroatoms. The molecule has 2 heterocycles. The van der Waals surface area contributed by atoms with Crippen LogP contribution >= 0.6 is 0 Å². The van der Waals surface area contributed by atoms with E-state index in [1.165, 1.54) is 22.8 Å². The number of fused-ring (bicyclic) bond motifs is 1. The topological polar surface area (TPSA) is 93.9 Å². The van der Waals surface area contributed by atoms with Crippen molar-refractivity contribution in [3.63, 3.8) is 0 Å². The van der Waals surface area contributed by atoms with Crippen LogP contribution in [0, 0.1) is 5.21 Å². The molecule has 1 saturated heterocycles. The van der Waals surface area contributed by atoms with E-state index in [4.69, 9.17) is 4.74 Å². The number of rotatable bonds is 2. The van der Waals surface area contributed by atoms with Gasteiger partial charge in [-0.05, 0) is 64.1 Å². The van der Waals surface area contributed by atoms with E-state index in [0.29, 0.717) is 41.4 Å². The van der Waals surface area contributed by atoms with Gasteiger partial charge in [0, 0.05) is 37.1 Å². The Morgan fingerprint density at radius 1 is 1.17 bits per heavy atom. The highest BCUT2D eigenvalue weighted by Gasteiger charge is 2.33. The molecular formula is C21H29N3O5S. The van der Waals surface area contributed by atoms with Gasteiger partial charge in [0.1, 0.15) is 5.60 Å². The SMILES string of the molecule is CC1CN(C(=O)OC(C)(C)C)CCCCN1S(=O)(=O)c1ccc2c[n+]([O-])ccc2c1. The molecule has 164 valence electrons. The lowest BCUT2D eigenvalue weighted by atomic mass is 10.2. The number of nitrogens with zero attached hydrogens (tertiary/aromatic N) is 3. The number of pyridine rings is 1. The zero-order valence-electron chi connectivity index (χ0n) is 17.9. The molecule has 1 aliphatic heterocycles. The predicted molar refractivity (Wildman–Crippen MR) is 113 cm³/mol. The molecule has 0 bridgehead atoms. The van der Waals surface area contributed by atoms with E-state index in [1.807, 2.05) is 27.7 Å². The first-order chi connectivity index (χ1) is 14.0.